The van der Waals surface area contributed by atoms with Gasteiger partial charge in [-0.15, -0.1) is 0 Å². The highest BCUT2D eigenvalue weighted by Crippen LogP contribution is 2.25. The van der Waals surface area contributed by atoms with Crippen molar-refractivity contribution >= 4 is 52.5 Å². The number of benzene rings is 2. The SMILES string of the molecule is O=C(COC(=O)c1ccc(N2C(=O)CC(NCc3cccnc3)C2=O)cc1)c1ccc(Cl)c(Cl)c1. The number of aromatic nitrogens is 1. The summed E-state index contributed by atoms with van der Waals surface area (Å²) in [6.45, 7) is -0.0803. The predicted octanol–water partition coefficient (Wildman–Crippen LogP) is 3.85. The summed E-state index contributed by atoms with van der Waals surface area (Å²) >= 11 is 11.7. The van der Waals surface area contributed by atoms with Crippen LogP contribution >= 0.6 is 23.2 Å². The third kappa shape index (κ3) is 5.74. The number of hydrogen-bond donors (Lipinski definition) is 1. The molecule has 8 nitrogen and oxygen atoms in total. The zero-order chi connectivity index (χ0) is 24.9. The van der Waals surface area contributed by atoms with Crippen LogP contribution in [0.2, 0.25) is 10.0 Å². The first kappa shape index (κ1) is 24.5. The van der Waals surface area contributed by atoms with Crippen LogP contribution in [0, 0.1) is 0 Å². The van der Waals surface area contributed by atoms with Crippen LogP contribution in [0.4, 0.5) is 5.69 Å². The molecule has 2 heterocycles. The minimum atomic E-state index is -0.722. The number of carbonyl (C=O) groups is 4. The van der Waals surface area contributed by atoms with E-state index < -0.39 is 24.4 Å². The fraction of sp³-hybridized carbons (Fsp3) is 0.160. The number of ether oxygens (including phenoxy) is 1. The smallest absolute Gasteiger partial charge is 0.338 e. The highest BCUT2D eigenvalue weighted by atomic mass is 35.5. The van der Waals surface area contributed by atoms with Gasteiger partial charge >= 0.3 is 5.97 Å². The van der Waals surface area contributed by atoms with Crippen molar-refractivity contribution < 1.29 is 23.9 Å². The van der Waals surface area contributed by atoms with E-state index in [2.05, 4.69) is 10.3 Å². The first-order valence-corrected chi connectivity index (χ1v) is 11.3. The lowest BCUT2D eigenvalue weighted by Gasteiger charge is -2.16. The van der Waals surface area contributed by atoms with Crippen LogP contribution in [0.25, 0.3) is 0 Å². The summed E-state index contributed by atoms with van der Waals surface area (Å²) in [4.78, 5) is 55.0. The molecule has 35 heavy (non-hydrogen) atoms. The number of nitrogens with zero attached hydrogens (tertiary/aromatic N) is 2. The summed E-state index contributed by atoms with van der Waals surface area (Å²) in [5.41, 5.74) is 1.67. The Bertz CT molecular complexity index is 1280. The molecule has 10 heteroatoms. The van der Waals surface area contributed by atoms with Gasteiger partial charge in [-0.3, -0.25) is 19.4 Å². The fourth-order valence-corrected chi connectivity index (χ4v) is 3.82. The number of hydrogen-bond acceptors (Lipinski definition) is 7. The number of rotatable bonds is 8. The molecule has 4 rings (SSSR count). The molecule has 1 aliphatic rings. The van der Waals surface area contributed by atoms with E-state index in [1.54, 1.807) is 18.5 Å². The van der Waals surface area contributed by atoms with Gasteiger partial charge < -0.3 is 10.1 Å². The Hall–Kier alpha value is -3.59. The van der Waals surface area contributed by atoms with Crippen molar-refractivity contribution in [2.45, 2.75) is 19.0 Å². The number of halogens is 2. The van der Waals surface area contributed by atoms with Crippen molar-refractivity contribution in [3.05, 3.63) is 93.7 Å². The highest BCUT2D eigenvalue weighted by Gasteiger charge is 2.39. The predicted molar refractivity (Wildman–Crippen MR) is 129 cm³/mol. The Morgan fingerprint density at radius 3 is 2.46 bits per heavy atom. The topological polar surface area (TPSA) is 106 Å². The standard InChI is InChI=1S/C25H19Cl2N3O5/c26-19-8-5-17(10-20(19)27)22(31)14-35-25(34)16-3-6-18(7-4-16)30-23(32)11-21(24(30)33)29-13-15-2-1-9-28-12-15/h1-10,12,21,29H,11,13-14H2. The molecule has 0 bridgehead atoms. The van der Waals surface area contributed by atoms with Crippen LogP contribution in [-0.4, -0.2) is 41.2 Å². The number of amides is 2. The van der Waals surface area contributed by atoms with E-state index in [4.69, 9.17) is 27.9 Å². The molecule has 0 spiro atoms. The van der Waals surface area contributed by atoms with Crippen LogP contribution in [0.15, 0.2) is 67.0 Å². The molecule has 0 radical (unpaired) electrons. The van der Waals surface area contributed by atoms with Gasteiger partial charge in [-0.05, 0) is 54.1 Å². The van der Waals surface area contributed by atoms with Crippen molar-refractivity contribution in [3.8, 4) is 0 Å². The summed E-state index contributed by atoms with van der Waals surface area (Å²) in [6.07, 6.45) is 3.37. The molecule has 1 fully saturated rings. The Morgan fingerprint density at radius 2 is 1.77 bits per heavy atom. The Kier molecular flexibility index (Phi) is 7.55. The molecule has 2 amide bonds. The van der Waals surface area contributed by atoms with E-state index in [1.165, 1.54) is 42.5 Å². The molecule has 0 saturated carbocycles. The first-order valence-electron chi connectivity index (χ1n) is 10.6. The van der Waals surface area contributed by atoms with E-state index in [9.17, 15) is 19.2 Å². The van der Waals surface area contributed by atoms with Gasteiger partial charge in [0.05, 0.1) is 33.8 Å². The van der Waals surface area contributed by atoms with Crippen LogP contribution in [-0.2, 0) is 20.9 Å². The van der Waals surface area contributed by atoms with Crippen LogP contribution < -0.4 is 10.2 Å². The average molecular weight is 512 g/mol. The van der Waals surface area contributed by atoms with Gasteiger partial charge in [-0.1, -0.05) is 29.3 Å². The first-order chi connectivity index (χ1) is 16.8. The largest absolute Gasteiger partial charge is 0.454 e. The van der Waals surface area contributed by atoms with Crippen molar-refractivity contribution in [1.82, 2.24) is 10.3 Å². The molecule has 1 aromatic heterocycles. The van der Waals surface area contributed by atoms with E-state index in [-0.39, 0.29) is 34.4 Å². The quantitative estimate of drug-likeness (QED) is 0.278. The molecular weight excluding hydrogens is 493 g/mol. The number of esters is 1. The number of anilines is 1. The van der Waals surface area contributed by atoms with Gasteiger partial charge in [0.2, 0.25) is 5.91 Å². The molecule has 3 aromatic rings. The third-order valence-corrected chi connectivity index (χ3v) is 6.10. The third-order valence-electron chi connectivity index (χ3n) is 5.36. The second kappa shape index (κ2) is 10.8. The lowest BCUT2D eigenvalue weighted by atomic mass is 10.1. The zero-order valence-corrected chi connectivity index (χ0v) is 19.8. The molecule has 2 aromatic carbocycles. The summed E-state index contributed by atoms with van der Waals surface area (Å²) in [5.74, 6) is -1.88. The highest BCUT2D eigenvalue weighted by molar-refractivity contribution is 6.42. The molecule has 178 valence electrons. The van der Waals surface area contributed by atoms with E-state index >= 15 is 0 Å². The summed E-state index contributed by atoms with van der Waals surface area (Å²) in [7, 11) is 0. The Balaban J connectivity index is 1.34. The number of pyridine rings is 1. The molecule has 0 aliphatic carbocycles. The van der Waals surface area contributed by atoms with E-state index in [1.807, 2.05) is 6.07 Å². The second-order valence-corrected chi connectivity index (χ2v) is 8.56. The zero-order valence-electron chi connectivity index (χ0n) is 18.2. The van der Waals surface area contributed by atoms with Gasteiger partial charge in [0.25, 0.3) is 5.91 Å². The maximum Gasteiger partial charge on any atom is 0.338 e. The molecule has 1 saturated heterocycles. The maximum absolute atomic E-state index is 12.8. The van der Waals surface area contributed by atoms with Gasteiger partial charge in [-0.25, -0.2) is 9.69 Å². The van der Waals surface area contributed by atoms with Crippen molar-refractivity contribution in [3.63, 3.8) is 0 Å². The minimum Gasteiger partial charge on any atom is -0.454 e. The number of carbonyl (C=O) groups excluding carboxylic acids is 4. The van der Waals surface area contributed by atoms with Crippen molar-refractivity contribution in [2.24, 2.45) is 0 Å². The molecule has 1 unspecified atom stereocenters. The van der Waals surface area contributed by atoms with E-state index in [0.29, 0.717) is 17.3 Å². The summed E-state index contributed by atoms with van der Waals surface area (Å²) < 4.78 is 5.09. The molecule has 1 aliphatic heterocycles. The van der Waals surface area contributed by atoms with Gasteiger partial charge in [0, 0.05) is 24.5 Å². The van der Waals surface area contributed by atoms with Crippen LogP contribution in [0.5, 0.6) is 0 Å². The van der Waals surface area contributed by atoms with Crippen molar-refractivity contribution in [1.29, 1.82) is 0 Å². The molecule has 1 N–H and O–H groups in total. The summed E-state index contributed by atoms with van der Waals surface area (Å²) in [5, 5.41) is 3.61. The number of nitrogens with one attached hydrogen (secondary N) is 1. The monoisotopic (exact) mass is 511 g/mol. The normalized spacial score (nSPS) is 15.4. The lowest BCUT2D eigenvalue weighted by Crippen LogP contribution is -2.38. The second-order valence-electron chi connectivity index (χ2n) is 7.74. The van der Waals surface area contributed by atoms with Crippen LogP contribution in [0.1, 0.15) is 32.7 Å². The van der Waals surface area contributed by atoms with Crippen LogP contribution in [0.3, 0.4) is 0 Å². The van der Waals surface area contributed by atoms with Gasteiger partial charge in [0.1, 0.15) is 0 Å². The summed E-state index contributed by atoms with van der Waals surface area (Å²) in [6, 6.07) is 13.2. The Labute approximate surface area is 210 Å². The average Bonchev–Trinajstić information content (AvgIpc) is 3.16. The number of imide groups is 1. The Morgan fingerprint density at radius 1 is 1.03 bits per heavy atom. The maximum atomic E-state index is 12.8. The van der Waals surface area contributed by atoms with Gasteiger partial charge in [0.15, 0.2) is 12.4 Å². The molecule has 1 atom stereocenters. The molecular formula is C25H19Cl2N3O5. The van der Waals surface area contributed by atoms with Gasteiger partial charge in [-0.2, -0.15) is 0 Å². The lowest BCUT2D eigenvalue weighted by molar-refractivity contribution is -0.121. The minimum absolute atomic E-state index is 0.0275. The van der Waals surface area contributed by atoms with E-state index in [0.717, 1.165) is 10.5 Å². The number of Topliss-reactive ketones (excluding diaryl/α,β-unsaturated/α-hetero) is 1. The fourth-order valence-electron chi connectivity index (χ4n) is 3.52. The van der Waals surface area contributed by atoms with Crippen molar-refractivity contribution in [2.75, 3.05) is 11.5 Å². The number of ketones is 1.